The zero-order valence-corrected chi connectivity index (χ0v) is 28.8. The fraction of sp³-hybridized carbons (Fsp3) is 0.714. The topological polar surface area (TPSA) is 109 Å². The fourth-order valence-corrected chi connectivity index (χ4v) is 6.04. The molecule has 2 N–H and O–H groups in total. The third-order valence-electron chi connectivity index (χ3n) is 8.69. The summed E-state index contributed by atoms with van der Waals surface area (Å²) >= 11 is 0. The quantitative estimate of drug-likeness (QED) is 0.203. The molecule has 6 rings (SSSR count). The number of nitrogens with one attached hydrogen (secondary N) is 2. The van der Waals surface area contributed by atoms with Crippen molar-refractivity contribution in [3.8, 4) is 0 Å². The summed E-state index contributed by atoms with van der Waals surface area (Å²) in [7, 11) is 1.88. The molecule has 0 aromatic carbocycles. The first-order valence-corrected chi connectivity index (χ1v) is 17.4. The normalized spacial score (nSPS) is 18.9. The van der Waals surface area contributed by atoms with Gasteiger partial charge in [-0.15, -0.1) is 0 Å². The molecule has 0 bridgehead atoms. The maximum absolute atomic E-state index is 13.0. The summed E-state index contributed by atoms with van der Waals surface area (Å²) < 4.78 is 27.7. The van der Waals surface area contributed by atoms with Gasteiger partial charge in [0.2, 0.25) is 5.92 Å². The number of carbonyl (C=O) groups is 1. The van der Waals surface area contributed by atoms with Crippen LogP contribution in [0.25, 0.3) is 5.78 Å². The first-order chi connectivity index (χ1) is 22.2. The largest absolute Gasteiger partial charge is 0.389 e. The summed E-state index contributed by atoms with van der Waals surface area (Å²) in [5, 5.41) is 11.1. The summed E-state index contributed by atoms with van der Waals surface area (Å²) in [6.45, 7) is 12.4. The lowest BCUT2D eigenvalue weighted by atomic mass is 9.86. The summed E-state index contributed by atoms with van der Waals surface area (Å²) in [5.74, 6) is -0.894. The highest BCUT2D eigenvalue weighted by Gasteiger charge is 2.31. The van der Waals surface area contributed by atoms with Crippen molar-refractivity contribution in [1.29, 1.82) is 0 Å². The van der Waals surface area contributed by atoms with Crippen molar-refractivity contribution in [2.75, 3.05) is 20.3 Å². The van der Waals surface area contributed by atoms with Gasteiger partial charge in [-0.25, -0.2) is 23.3 Å². The van der Waals surface area contributed by atoms with Gasteiger partial charge in [0, 0.05) is 30.5 Å². The number of hydrogen-bond acceptors (Lipinski definition) is 8. The van der Waals surface area contributed by atoms with Gasteiger partial charge in [-0.2, -0.15) is 5.10 Å². The van der Waals surface area contributed by atoms with Crippen LogP contribution in [0.3, 0.4) is 0 Å². The van der Waals surface area contributed by atoms with Gasteiger partial charge in [0.1, 0.15) is 12.4 Å². The van der Waals surface area contributed by atoms with Gasteiger partial charge in [-0.05, 0) is 78.7 Å². The van der Waals surface area contributed by atoms with Crippen LogP contribution < -0.4 is 10.6 Å². The Hall–Kier alpha value is -3.08. The number of aliphatic imine (C=N–C) groups is 2. The second-order valence-corrected chi connectivity index (χ2v) is 12.6. The van der Waals surface area contributed by atoms with E-state index in [0.29, 0.717) is 36.4 Å². The first-order valence-electron chi connectivity index (χ1n) is 17.4. The van der Waals surface area contributed by atoms with Crippen LogP contribution >= 0.6 is 0 Å². The van der Waals surface area contributed by atoms with Crippen LogP contribution in [-0.2, 0) is 4.79 Å². The molecule has 3 fully saturated rings. The van der Waals surface area contributed by atoms with E-state index >= 15 is 0 Å². The maximum atomic E-state index is 13.0. The number of halogens is 2. The van der Waals surface area contributed by atoms with E-state index in [9.17, 15) is 13.6 Å². The van der Waals surface area contributed by atoms with Crippen molar-refractivity contribution in [1.82, 2.24) is 30.2 Å². The average Bonchev–Trinajstić information content (AvgIpc) is 3.64. The number of aldehydes is 1. The van der Waals surface area contributed by atoms with Crippen LogP contribution in [0.1, 0.15) is 140 Å². The highest BCUT2D eigenvalue weighted by Crippen LogP contribution is 2.33. The number of nitrogens with zero attached hydrogens (tertiary/aromatic N) is 6. The molecule has 46 heavy (non-hydrogen) atoms. The molecular weight excluding hydrogens is 586 g/mol. The minimum absolute atomic E-state index is 0.0254. The van der Waals surface area contributed by atoms with E-state index in [1.165, 1.54) is 69.9 Å². The standard InChI is InChI=1S/C20H31F2N5.C7H8N2O.C6H11N.C2H6/c1-14-18(15-9-5-4-6-10-15)25-19-24-17(13-27(19)26-14)16(23-3)11-7-8-12-20(2,21)22;10-3-6-7(5-1-2-5)9-4-8-6;1-6-4-2-3-5-7-6;1-2/h13,15-16,23H,4-12H2,1-3H3;3,5H,1-2,4H2;7H,1-5H2;1-2H3. The van der Waals surface area contributed by atoms with E-state index in [4.69, 9.17) is 4.98 Å². The Balaban J connectivity index is 0.000000244. The second kappa shape index (κ2) is 18.9. The lowest BCUT2D eigenvalue weighted by Crippen LogP contribution is -2.18. The highest BCUT2D eigenvalue weighted by molar-refractivity contribution is 6.63. The number of carbonyl (C=O) groups excluding carboxylic acids is 1. The third-order valence-corrected chi connectivity index (χ3v) is 8.69. The van der Waals surface area contributed by atoms with Gasteiger partial charge < -0.3 is 10.6 Å². The molecule has 4 heterocycles. The number of aryl methyl sites for hydroxylation is 1. The van der Waals surface area contributed by atoms with E-state index in [1.54, 1.807) is 4.52 Å². The Morgan fingerprint density at radius 1 is 1.07 bits per heavy atom. The lowest BCUT2D eigenvalue weighted by molar-refractivity contribution is -0.102. The molecule has 0 spiro atoms. The monoisotopic (exact) mass is 642 g/mol. The Labute approximate surface area is 274 Å². The van der Waals surface area contributed by atoms with Gasteiger partial charge in [-0.3, -0.25) is 14.8 Å². The summed E-state index contributed by atoms with van der Waals surface area (Å²) in [5.41, 5.74) is 5.69. The zero-order chi connectivity index (χ0) is 33.5. The number of imidazole rings is 1. The molecule has 4 aliphatic rings. The molecular formula is C35H56F2N8O. The second-order valence-electron chi connectivity index (χ2n) is 12.6. The van der Waals surface area contributed by atoms with Crippen molar-refractivity contribution in [3.63, 3.8) is 0 Å². The number of aromatic nitrogens is 4. The minimum atomic E-state index is -2.58. The number of alkyl halides is 2. The molecule has 1 unspecified atom stereocenters. The van der Waals surface area contributed by atoms with Crippen LogP contribution in [0.2, 0.25) is 0 Å². The molecule has 0 radical (unpaired) electrons. The lowest BCUT2D eigenvalue weighted by Gasteiger charge is -2.21. The molecule has 2 aromatic rings. The predicted molar refractivity (Wildman–Crippen MR) is 183 cm³/mol. The zero-order valence-electron chi connectivity index (χ0n) is 28.8. The Morgan fingerprint density at radius 2 is 1.80 bits per heavy atom. The van der Waals surface area contributed by atoms with Crippen LogP contribution in [0.15, 0.2) is 28.5 Å². The molecule has 1 atom stereocenters. The smallest absolute Gasteiger partial charge is 0.251 e. The van der Waals surface area contributed by atoms with Crippen molar-refractivity contribution in [2.45, 2.75) is 135 Å². The first kappa shape index (κ1) is 37.4. The number of hydrogen-bond donors (Lipinski definition) is 2. The Morgan fingerprint density at radius 3 is 2.37 bits per heavy atom. The summed E-state index contributed by atoms with van der Waals surface area (Å²) in [6, 6.07) is 0.0254. The van der Waals surface area contributed by atoms with E-state index in [-0.39, 0.29) is 12.5 Å². The van der Waals surface area contributed by atoms with E-state index in [2.05, 4.69) is 37.3 Å². The number of fused-ring (bicyclic) bond motifs is 1. The third kappa shape index (κ3) is 11.9. The van der Waals surface area contributed by atoms with Crippen LogP contribution in [-0.4, -0.2) is 63.5 Å². The van der Waals surface area contributed by atoms with Gasteiger partial charge in [0.05, 0.1) is 35.0 Å². The Bertz CT molecular complexity index is 1300. The van der Waals surface area contributed by atoms with Gasteiger partial charge >= 0.3 is 0 Å². The summed E-state index contributed by atoms with van der Waals surface area (Å²) in [6.07, 6.45) is 17.1. The van der Waals surface area contributed by atoms with Crippen molar-refractivity contribution in [2.24, 2.45) is 15.9 Å². The van der Waals surface area contributed by atoms with E-state index in [1.807, 2.05) is 34.0 Å². The van der Waals surface area contributed by atoms with Gasteiger partial charge in [0.15, 0.2) is 6.29 Å². The summed E-state index contributed by atoms with van der Waals surface area (Å²) in [4.78, 5) is 27.9. The van der Waals surface area contributed by atoms with Crippen LogP contribution in [0, 0.1) is 12.8 Å². The molecule has 9 nitrogen and oxygen atoms in total. The van der Waals surface area contributed by atoms with Gasteiger partial charge in [0.25, 0.3) is 5.78 Å². The van der Waals surface area contributed by atoms with Crippen LogP contribution in [0.4, 0.5) is 8.78 Å². The predicted octanol–water partition coefficient (Wildman–Crippen LogP) is 7.70. The number of unbranched alkanes of at least 4 members (excludes halogenated alkanes) is 1. The number of rotatable bonds is 10. The van der Waals surface area contributed by atoms with E-state index < -0.39 is 5.92 Å². The molecule has 1 saturated heterocycles. The maximum Gasteiger partial charge on any atom is 0.251 e. The molecule has 0 amide bonds. The molecule has 2 aliphatic carbocycles. The fourth-order valence-electron chi connectivity index (χ4n) is 6.04. The van der Waals surface area contributed by atoms with E-state index in [0.717, 1.165) is 55.4 Å². The SMILES string of the molecule is C=C1CCCCN1.CC.CNC(CCCCC(C)(F)F)c1cn2nc(C)c(C3CCCCC3)nc2n1.O=CC1=NCN=C1C1CC1. The van der Waals surface area contributed by atoms with Crippen molar-refractivity contribution < 1.29 is 13.6 Å². The van der Waals surface area contributed by atoms with Crippen molar-refractivity contribution >= 4 is 23.5 Å². The minimum Gasteiger partial charge on any atom is -0.389 e. The van der Waals surface area contributed by atoms with Crippen LogP contribution in [0.5, 0.6) is 0 Å². The average molecular weight is 643 g/mol. The number of allylic oxidation sites excluding steroid dienone is 1. The molecule has 2 aliphatic heterocycles. The molecule has 2 saturated carbocycles. The molecule has 256 valence electrons. The number of piperidine rings is 1. The molecule has 11 heteroatoms. The van der Waals surface area contributed by atoms with Gasteiger partial charge in [-0.1, -0.05) is 46.1 Å². The molecule has 2 aromatic heterocycles. The highest BCUT2D eigenvalue weighted by atomic mass is 19.3. The van der Waals surface area contributed by atoms with Crippen molar-refractivity contribution in [3.05, 3.63) is 35.6 Å². The Kier molecular flexibility index (Phi) is 15.4.